The molecule has 0 bridgehead atoms. The Balaban J connectivity index is 1.78. The lowest BCUT2D eigenvalue weighted by Gasteiger charge is -2.11. The van der Waals surface area contributed by atoms with Gasteiger partial charge in [0, 0.05) is 16.3 Å². The van der Waals surface area contributed by atoms with E-state index in [1.807, 2.05) is 6.92 Å². The molecule has 0 fully saturated rings. The number of benzene rings is 3. The van der Waals surface area contributed by atoms with Crippen molar-refractivity contribution in [2.24, 2.45) is 0 Å². The molecule has 3 aromatic carbocycles. The smallest absolute Gasteiger partial charge is 0.261 e. The fourth-order valence-corrected chi connectivity index (χ4v) is 3.70. The number of hydrogen-bond donors (Lipinski definition) is 2. The SMILES string of the molecule is Cc1ccc(Cl)cc1NC(=O)c1ccc(S(=O)(=O)Nc2ccccc2F)cc1. The van der Waals surface area contributed by atoms with Gasteiger partial charge in [0.05, 0.1) is 10.6 Å². The van der Waals surface area contributed by atoms with Crippen molar-refractivity contribution in [3.8, 4) is 0 Å². The molecule has 0 aliphatic rings. The van der Waals surface area contributed by atoms with Gasteiger partial charge in [0.15, 0.2) is 0 Å². The van der Waals surface area contributed by atoms with Crippen LogP contribution in [0, 0.1) is 12.7 Å². The number of anilines is 2. The number of hydrogen-bond acceptors (Lipinski definition) is 3. The fourth-order valence-electron chi connectivity index (χ4n) is 2.46. The van der Waals surface area contributed by atoms with Crippen LogP contribution in [0.1, 0.15) is 15.9 Å². The molecule has 144 valence electrons. The summed E-state index contributed by atoms with van der Waals surface area (Å²) in [4.78, 5) is 12.3. The van der Waals surface area contributed by atoms with Crippen LogP contribution in [0.25, 0.3) is 0 Å². The van der Waals surface area contributed by atoms with Crippen LogP contribution in [0.5, 0.6) is 0 Å². The van der Waals surface area contributed by atoms with E-state index in [-0.39, 0.29) is 16.1 Å². The molecule has 0 aromatic heterocycles. The van der Waals surface area contributed by atoms with E-state index in [1.165, 1.54) is 42.5 Å². The van der Waals surface area contributed by atoms with Crippen LogP contribution >= 0.6 is 11.6 Å². The van der Waals surface area contributed by atoms with Crippen LogP contribution in [0.4, 0.5) is 15.8 Å². The van der Waals surface area contributed by atoms with Crippen molar-refractivity contribution >= 4 is 38.9 Å². The summed E-state index contributed by atoms with van der Waals surface area (Å²) >= 11 is 5.94. The zero-order valence-corrected chi connectivity index (χ0v) is 16.3. The molecule has 5 nitrogen and oxygen atoms in total. The molecule has 0 aliphatic heterocycles. The third-order valence-electron chi connectivity index (χ3n) is 3.99. The van der Waals surface area contributed by atoms with Gasteiger partial charge < -0.3 is 5.32 Å². The topological polar surface area (TPSA) is 75.3 Å². The molecule has 0 aliphatic carbocycles. The minimum absolute atomic E-state index is 0.0914. The summed E-state index contributed by atoms with van der Waals surface area (Å²) in [6.45, 7) is 1.83. The second-order valence-electron chi connectivity index (χ2n) is 6.02. The van der Waals surface area contributed by atoms with Crippen LogP contribution in [-0.2, 0) is 10.0 Å². The fraction of sp³-hybridized carbons (Fsp3) is 0.0500. The van der Waals surface area contributed by atoms with E-state index in [2.05, 4.69) is 10.0 Å². The highest BCUT2D eigenvalue weighted by Crippen LogP contribution is 2.22. The molecule has 0 spiro atoms. The predicted octanol–water partition coefficient (Wildman–Crippen LogP) is 4.84. The monoisotopic (exact) mass is 418 g/mol. The van der Waals surface area contributed by atoms with Gasteiger partial charge in [0.1, 0.15) is 5.82 Å². The largest absolute Gasteiger partial charge is 0.322 e. The Hall–Kier alpha value is -2.90. The molecule has 28 heavy (non-hydrogen) atoms. The van der Waals surface area contributed by atoms with E-state index in [1.54, 1.807) is 18.2 Å². The second-order valence-corrected chi connectivity index (χ2v) is 8.14. The van der Waals surface area contributed by atoms with Gasteiger partial charge >= 0.3 is 0 Å². The van der Waals surface area contributed by atoms with Crippen LogP contribution in [0.2, 0.25) is 5.02 Å². The number of carbonyl (C=O) groups is 1. The lowest BCUT2D eigenvalue weighted by molar-refractivity contribution is 0.102. The summed E-state index contributed by atoms with van der Waals surface area (Å²) in [5, 5.41) is 3.22. The van der Waals surface area contributed by atoms with E-state index in [9.17, 15) is 17.6 Å². The van der Waals surface area contributed by atoms with Gasteiger partial charge in [-0.2, -0.15) is 0 Å². The number of rotatable bonds is 5. The summed E-state index contributed by atoms with van der Waals surface area (Å²) in [6, 6.07) is 15.9. The molecule has 2 N–H and O–H groups in total. The molecule has 0 saturated carbocycles. The van der Waals surface area contributed by atoms with E-state index >= 15 is 0 Å². The van der Waals surface area contributed by atoms with Crippen molar-refractivity contribution in [2.45, 2.75) is 11.8 Å². The summed E-state index contributed by atoms with van der Waals surface area (Å²) in [5.41, 5.74) is 1.52. The Morgan fingerprint density at radius 2 is 1.64 bits per heavy atom. The van der Waals surface area contributed by atoms with E-state index in [0.717, 1.165) is 11.6 Å². The number of halogens is 2. The maximum atomic E-state index is 13.7. The molecular formula is C20H16ClFN2O3S. The molecule has 0 unspecified atom stereocenters. The average molecular weight is 419 g/mol. The van der Waals surface area contributed by atoms with Gasteiger partial charge in [-0.3, -0.25) is 9.52 Å². The molecule has 0 heterocycles. The number of sulfonamides is 1. The maximum Gasteiger partial charge on any atom is 0.261 e. The van der Waals surface area contributed by atoms with Crippen LogP contribution in [0.3, 0.4) is 0 Å². The molecule has 8 heteroatoms. The normalized spacial score (nSPS) is 11.1. The van der Waals surface area contributed by atoms with Gasteiger partial charge in [-0.05, 0) is 61.0 Å². The van der Waals surface area contributed by atoms with Crippen LogP contribution in [0.15, 0.2) is 71.6 Å². The van der Waals surface area contributed by atoms with Crippen molar-refractivity contribution in [1.82, 2.24) is 0 Å². The zero-order valence-electron chi connectivity index (χ0n) is 14.7. The highest BCUT2D eigenvalue weighted by molar-refractivity contribution is 7.92. The molecule has 0 atom stereocenters. The molecule has 0 radical (unpaired) electrons. The van der Waals surface area contributed by atoms with Gasteiger partial charge in [-0.15, -0.1) is 0 Å². The standard InChI is InChI=1S/C20H16ClFN2O3S/c1-13-6-9-15(21)12-19(13)23-20(25)14-7-10-16(11-8-14)28(26,27)24-18-5-3-2-4-17(18)22/h2-12,24H,1H3,(H,23,25). The number of amides is 1. The van der Waals surface area contributed by atoms with Crippen molar-refractivity contribution in [3.05, 3.63) is 88.7 Å². The highest BCUT2D eigenvalue weighted by atomic mass is 35.5. The lowest BCUT2D eigenvalue weighted by Crippen LogP contribution is -2.15. The minimum atomic E-state index is -3.99. The number of para-hydroxylation sites is 1. The number of carbonyl (C=O) groups excluding carboxylic acids is 1. The van der Waals surface area contributed by atoms with Crippen molar-refractivity contribution in [3.63, 3.8) is 0 Å². The third-order valence-corrected chi connectivity index (χ3v) is 5.61. The van der Waals surface area contributed by atoms with Gasteiger partial charge in [0.25, 0.3) is 15.9 Å². The van der Waals surface area contributed by atoms with E-state index in [0.29, 0.717) is 10.7 Å². The first-order valence-electron chi connectivity index (χ1n) is 8.21. The Kier molecular flexibility index (Phi) is 5.67. The zero-order chi connectivity index (χ0) is 20.3. The molecule has 0 saturated heterocycles. The molecule has 1 amide bonds. The van der Waals surface area contributed by atoms with Gasteiger partial charge in [-0.1, -0.05) is 29.8 Å². The summed E-state index contributed by atoms with van der Waals surface area (Å²) in [7, 11) is -3.99. The highest BCUT2D eigenvalue weighted by Gasteiger charge is 2.17. The Bertz CT molecular complexity index is 1130. The van der Waals surface area contributed by atoms with E-state index < -0.39 is 21.7 Å². The third kappa shape index (κ3) is 4.49. The lowest BCUT2D eigenvalue weighted by atomic mass is 10.1. The van der Waals surface area contributed by atoms with Crippen molar-refractivity contribution in [2.75, 3.05) is 10.0 Å². The van der Waals surface area contributed by atoms with Crippen molar-refractivity contribution in [1.29, 1.82) is 0 Å². The summed E-state index contributed by atoms with van der Waals surface area (Å²) < 4.78 is 40.7. The summed E-state index contributed by atoms with van der Waals surface area (Å²) in [5.74, 6) is -1.09. The van der Waals surface area contributed by atoms with Crippen LogP contribution < -0.4 is 10.0 Å². The van der Waals surface area contributed by atoms with E-state index in [4.69, 9.17) is 11.6 Å². The second kappa shape index (κ2) is 8.00. The van der Waals surface area contributed by atoms with Crippen LogP contribution in [-0.4, -0.2) is 14.3 Å². The number of nitrogens with one attached hydrogen (secondary N) is 2. The molecule has 3 rings (SSSR count). The maximum absolute atomic E-state index is 13.7. The molecule has 3 aromatic rings. The first kappa shape index (κ1) is 19.9. The number of aryl methyl sites for hydroxylation is 1. The Morgan fingerprint density at radius 3 is 2.32 bits per heavy atom. The molecular weight excluding hydrogens is 403 g/mol. The minimum Gasteiger partial charge on any atom is -0.322 e. The Morgan fingerprint density at radius 1 is 0.964 bits per heavy atom. The summed E-state index contributed by atoms with van der Waals surface area (Å²) in [6.07, 6.45) is 0. The first-order valence-corrected chi connectivity index (χ1v) is 10.1. The first-order chi connectivity index (χ1) is 13.3. The Labute approximate surface area is 167 Å². The average Bonchev–Trinajstić information content (AvgIpc) is 2.66. The van der Waals surface area contributed by atoms with Crippen molar-refractivity contribution < 1.29 is 17.6 Å². The van der Waals surface area contributed by atoms with Gasteiger partial charge in [-0.25, -0.2) is 12.8 Å². The predicted molar refractivity (Wildman–Crippen MR) is 108 cm³/mol. The van der Waals surface area contributed by atoms with Gasteiger partial charge in [0.2, 0.25) is 0 Å². The quantitative estimate of drug-likeness (QED) is 0.622.